The molecule has 1 amide bonds. The van der Waals surface area contributed by atoms with Crippen LogP contribution in [0.1, 0.15) is 108 Å². The lowest BCUT2D eigenvalue weighted by atomic mass is 9.92. The predicted molar refractivity (Wildman–Crippen MR) is 168 cm³/mol. The van der Waals surface area contributed by atoms with Crippen molar-refractivity contribution in [2.75, 3.05) is 11.9 Å². The molecule has 4 rings (SSSR count). The molecule has 4 aromatic rings. The van der Waals surface area contributed by atoms with E-state index in [0.29, 0.717) is 34.4 Å². The highest BCUT2D eigenvalue weighted by Gasteiger charge is 2.25. The Hall–Kier alpha value is -3.32. The molecule has 41 heavy (non-hydrogen) atoms. The molecular formula is C33H44ClN5O2. The average Bonchev–Trinajstić information content (AvgIpc) is 3.51. The van der Waals surface area contributed by atoms with Crippen LogP contribution in [0.15, 0.2) is 48.5 Å². The number of halogens is 1. The number of rotatable bonds is 15. The maximum Gasteiger partial charge on any atom is 0.255 e. The number of fused-ring (bicyclic) bond motifs is 1. The van der Waals surface area contributed by atoms with E-state index in [4.69, 9.17) is 16.3 Å². The lowest BCUT2D eigenvalue weighted by Crippen LogP contribution is -2.13. The first kappa shape index (κ1) is 30.6. The first-order valence-corrected chi connectivity index (χ1v) is 15.4. The summed E-state index contributed by atoms with van der Waals surface area (Å²) in [6.07, 6.45) is 13.0. The number of nitrogens with one attached hydrogen (secondary N) is 2. The van der Waals surface area contributed by atoms with Crippen LogP contribution in [0.5, 0.6) is 5.75 Å². The van der Waals surface area contributed by atoms with Crippen molar-refractivity contribution >= 4 is 28.8 Å². The minimum absolute atomic E-state index is 0.203. The number of aromatic nitrogens is 4. The summed E-state index contributed by atoms with van der Waals surface area (Å²) in [5.74, 6) is 1.15. The van der Waals surface area contributed by atoms with Crippen LogP contribution >= 0.6 is 11.6 Å². The molecule has 0 saturated heterocycles. The minimum Gasteiger partial charge on any atom is -0.494 e. The number of ether oxygens (including phenoxy) is 1. The Morgan fingerprint density at radius 2 is 1.54 bits per heavy atom. The van der Waals surface area contributed by atoms with Gasteiger partial charge in [-0.1, -0.05) is 109 Å². The third kappa shape index (κ3) is 8.35. The fourth-order valence-corrected chi connectivity index (χ4v) is 5.32. The molecule has 0 aliphatic rings. The molecule has 2 aromatic heterocycles. The van der Waals surface area contributed by atoms with Gasteiger partial charge in [-0.05, 0) is 42.8 Å². The zero-order valence-corrected chi connectivity index (χ0v) is 25.7. The number of benzene rings is 2. The molecule has 0 aliphatic carbocycles. The maximum atomic E-state index is 13.1. The minimum atomic E-state index is -0.205. The number of nitrogens with zero attached hydrogens (tertiary/aromatic N) is 3. The SMILES string of the molecule is CCCCCCCCCCCCOc1ccc(C(=O)Nc2ccccc2-c2nn3nc(C(C)(C)C)c(Cl)c3[nH]2)cc1. The molecule has 0 fully saturated rings. The van der Waals surface area contributed by atoms with Crippen LogP contribution in [0.25, 0.3) is 17.0 Å². The Kier molecular flexibility index (Phi) is 10.9. The Labute approximate surface area is 249 Å². The highest BCUT2D eigenvalue weighted by atomic mass is 35.5. The molecule has 0 atom stereocenters. The van der Waals surface area contributed by atoms with E-state index in [1.54, 1.807) is 12.1 Å². The van der Waals surface area contributed by atoms with Gasteiger partial charge in [0.1, 0.15) is 10.8 Å². The second-order valence-corrected chi connectivity index (χ2v) is 12.2. The van der Waals surface area contributed by atoms with Gasteiger partial charge in [-0.3, -0.25) is 4.79 Å². The van der Waals surface area contributed by atoms with E-state index in [9.17, 15) is 4.79 Å². The zero-order chi connectivity index (χ0) is 29.2. The van der Waals surface area contributed by atoms with Gasteiger partial charge in [0.15, 0.2) is 11.5 Å². The summed E-state index contributed by atoms with van der Waals surface area (Å²) < 4.78 is 7.42. The van der Waals surface area contributed by atoms with Gasteiger partial charge in [-0.25, -0.2) is 0 Å². The molecule has 0 radical (unpaired) electrons. The summed E-state index contributed by atoms with van der Waals surface area (Å²) in [5.41, 5.74) is 3.14. The summed E-state index contributed by atoms with van der Waals surface area (Å²) >= 11 is 6.61. The van der Waals surface area contributed by atoms with Crippen molar-refractivity contribution in [2.45, 2.75) is 97.3 Å². The van der Waals surface area contributed by atoms with Crippen molar-refractivity contribution in [3.8, 4) is 17.1 Å². The number of carbonyl (C=O) groups is 1. The van der Waals surface area contributed by atoms with Gasteiger partial charge in [-0.15, -0.1) is 9.73 Å². The second kappa shape index (κ2) is 14.5. The number of H-pyrrole nitrogens is 1. The zero-order valence-electron chi connectivity index (χ0n) is 24.9. The van der Waals surface area contributed by atoms with Gasteiger partial charge in [0.2, 0.25) is 0 Å². The van der Waals surface area contributed by atoms with E-state index in [-0.39, 0.29) is 11.3 Å². The van der Waals surface area contributed by atoms with Crippen molar-refractivity contribution in [1.82, 2.24) is 19.8 Å². The van der Waals surface area contributed by atoms with E-state index in [0.717, 1.165) is 23.4 Å². The number of amides is 1. The fraction of sp³-hybridized carbons (Fsp3) is 0.485. The third-order valence-electron chi connectivity index (χ3n) is 7.27. The first-order chi connectivity index (χ1) is 19.8. The van der Waals surface area contributed by atoms with E-state index >= 15 is 0 Å². The van der Waals surface area contributed by atoms with Crippen molar-refractivity contribution in [2.24, 2.45) is 0 Å². The molecule has 0 unspecified atom stereocenters. The lowest BCUT2D eigenvalue weighted by Gasteiger charge is -2.14. The van der Waals surface area contributed by atoms with Crippen LogP contribution < -0.4 is 10.1 Å². The third-order valence-corrected chi connectivity index (χ3v) is 7.62. The van der Waals surface area contributed by atoms with Crippen molar-refractivity contribution < 1.29 is 9.53 Å². The van der Waals surface area contributed by atoms with Crippen LogP contribution in [0.2, 0.25) is 5.02 Å². The highest BCUT2D eigenvalue weighted by molar-refractivity contribution is 6.34. The van der Waals surface area contributed by atoms with Crippen molar-refractivity contribution in [1.29, 1.82) is 0 Å². The predicted octanol–water partition coefficient (Wildman–Crippen LogP) is 9.23. The number of hydrogen-bond donors (Lipinski definition) is 2. The van der Waals surface area contributed by atoms with E-state index < -0.39 is 0 Å². The van der Waals surface area contributed by atoms with Gasteiger partial charge < -0.3 is 15.0 Å². The number of hydrogen-bond acceptors (Lipinski definition) is 4. The Balaban J connectivity index is 1.27. The fourth-order valence-electron chi connectivity index (χ4n) is 4.87. The summed E-state index contributed by atoms with van der Waals surface area (Å²) in [6, 6.07) is 14.8. The van der Waals surface area contributed by atoms with Crippen LogP contribution in [-0.2, 0) is 5.41 Å². The quantitative estimate of drug-likeness (QED) is 0.138. The number of unbranched alkanes of at least 4 members (excludes halogenated alkanes) is 9. The molecule has 7 nitrogen and oxygen atoms in total. The molecule has 0 spiro atoms. The lowest BCUT2D eigenvalue weighted by molar-refractivity contribution is 0.102. The van der Waals surface area contributed by atoms with Crippen molar-refractivity contribution in [3.63, 3.8) is 0 Å². The number of para-hydroxylation sites is 1. The van der Waals surface area contributed by atoms with Gasteiger partial charge in [-0.2, -0.15) is 5.10 Å². The molecule has 0 bridgehead atoms. The van der Waals surface area contributed by atoms with Gasteiger partial charge in [0.25, 0.3) is 5.91 Å². The summed E-state index contributed by atoms with van der Waals surface area (Å²) in [7, 11) is 0. The largest absolute Gasteiger partial charge is 0.494 e. The number of anilines is 1. The number of carbonyl (C=O) groups excluding carboxylic acids is 1. The summed E-state index contributed by atoms with van der Waals surface area (Å²) in [5, 5.41) is 12.7. The smallest absolute Gasteiger partial charge is 0.255 e. The Morgan fingerprint density at radius 1 is 0.902 bits per heavy atom. The molecule has 220 valence electrons. The van der Waals surface area contributed by atoms with E-state index in [2.05, 4.69) is 48.2 Å². The first-order valence-electron chi connectivity index (χ1n) is 15.1. The summed E-state index contributed by atoms with van der Waals surface area (Å²) in [4.78, 5) is 16.3. The van der Waals surface area contributed by atoms with Gasteiger partial charge in [0.05, 0.1) is 18.0 Å². The van der Waals surface area contributed by atoms with E-state index in [1.165, 1.54) is 62.4 Å². The molecule has 8 heteroatoms. The molecule has 2 aromatic carbocycles. The topological polar surface area (TPSA) is 84.3 Å². The Morgan fingerprint density at radius 3 is 2.17 bits per heavy atom. The maximum absolute atomic E-state index is 13.1. The highest BCUT2D eigenvalue weighted by Crippen LogP contribution is 2.33. The molecule has 0 saturated carbocycles. The van der Waals surface area contributed by atoms with E-state index in [1.807, 2.05) is 36.4 Å². The molecule has 2 N–H and O–H groups in total. The monoisotopic (exact) mass is 577 g/mol. The standard InChI is InChI=1S/C33H44ClN5O2/c1-5-6-7-8-9-10-11-12-13-16-23-41-25-21-19-24(20-22-25)32(40)35-27-18-15-14-17-26(27)30-36-31-28(34)29(33(2,3)4)37-39(31)38-30/h14-15,17-22H,5-13,16,23H2,1-4H3,(H,35,40)(H,36,38). The van der Waals surface area contributed by atoms with Gasteiger partial charge in [0, 0.05) is 16.5 Å². The van der Waals surface area contributed by atoms with Gasteiger partial charge >= 0.3 is 0 Å². The molecule has 0 aliphatic heterocycles. The number of aromatic amines is 1. The Bertz CT molecular complexity index is 1400. The summed E-state index contributed by atoms with van der Waals surface area (Å²) in [6.45, 7) is 9.14. The van der Waals surface area contributed by atoms with Crippen molar-refractivity contribution in [3.05, 3.63) is 64.8 Å². The van der Waals surface area contributed by atoms with Crippen LogP contribution in [0, 0.1) is 0 Å². The van der Waals surface area contributed by atoms with Crippen LogP contribution in [0.3, 0.4) is 0 Å². The second-order valence-electron chi connectivity index (χ2n) is 11.8. The molecular weight excluding hydrogens is 534 g/mol. The van der Waals surface area contributed by atoms with Crippen LogP contribution in [-0.4, -0.2) is 32.3 Å². The average molecular weight is 578 g/mol. The normalized spacial score (nSPS) is 11.7. The van der Waals surface area contributed by atoms with Crippen LogP contribution in [0.4, 0.5) is 5.69 Å². The molecule has 2 heterocycles.